The molecule has 3 rings (SSSR count). The van der Waals surface area contributed by atoms with Crippen LogP contribution in [0.5, 0.6) is 0 Å². The lowest BCUT2D eigenvalue weighted by molar-refractivity contribution is -0.137. The van der Waals surface area contributed by atoms with Crippen molar-refractivity contribution in [3.8, 4) is 17.4 Å². The summed E-state index contributed by atoms with van der Waals surface area (Å²) in [6.07, 6.45) is -2.59. The average Bonchev–Trinajstić information content (AvgIpc) is 3.21. The Labute approximate surface area is 171 Å². The number of nitrogens with one attached hydrogen (secondary N) is 1. The summed E-state index contributed by atoms with van der Waals surface area (Å²) in [6.45, 7) is 0.357. The molecule has 0 atom stereocenters. The molecule has 1 heterocycles. The smallest absolute Gasteiger partial charge is 0.416 e. The number of hydrogen-bond acceptors (Lipinski definition) is 3. The summed E-state index contributed by atoms with van der Waals surface area (Å²) in [5.41, 5.74) is 0.351. The van der Waals surface area contributed by atoms with Crippen LogP contribution in [-0.4, -0.2) is 12.5 Å². The molecule has 4 nitrogen and oxygen atoms in total. The van der Waals surface area contributed by atoms with E-state index in [4.69, 9.17) is 4.42 Å². The number of amides is 1. The minimum absolute atomic E-state index is 0.159. The summed E-state index contributed by atoms with van der Waals surface area (Å²) >= 11 is 0. The number of nitrogens with zero attached hydrogens (tertiary/aromatic N) is 1. The molecule has 0 spiro atoms. The molecular weight excluding hydrogens is 393 g/mol. The Morgan fingerprint density at radius 2 is 1.83 bits per heavy atom. The van der Waals surface area contributed by atoms with Gasteiger partial charge in [-0.05, 0) is 36.2 Å². The summed E-state index contributed by atoms with van der Waals surface area (Å²) < 4.78 is 44.2. The molecule has 1 aromatic heterocycles. The summed E-state index contributed by atoms with van der Waals surface area (Å²) in [6, 6.07) is 19.1. The van der Waals surface area contributed by atoms with Gasteiger partial charge < -0.3 is 9.73 Å². The van der Waals surface area contributed by atoms with Crippen molar-refractivity contribution in [1.82, 2.24) is 5.32 Å². The number of hydrogen-bond donors (Lipinski definition) is 1. The number of benzene rings is 2. The SMILES string of the molecule is N#CC(=Cc1ccc(-c2cccc(C(F)(F)F)c2)o1)C(=O)NCCc1ccccc1. The summed E-state index contributed by atoms with van der Waals surface area (Å²) in [5, 5.41) is 11.9. The monoisotopic (exact) mass is 410 g/mol. The summed E-state index contributed by atoms with van der Waals surface area (Å²) in [7, 11) is 0. The van der Waals surface area contributed by atoms with Gasteiger partial charge in [0.15, 0.2) is 0 Å². The molecule has 152 valence electrons. The van der Waals surface area contributed by atoms with Crippen molar-refractivity contribution in [2.45, 2.75) is 12.6 Å². The quantitative estimate of drug-likeness (QED) is 0.447. The third-order valence-corrected chi connectivity index (χ3v) is 4.29. The molecule has 0 saturated carbocycles. The Balaban J connectivity index is 1.69. The van der Waals surface area contributed by atoms with E-state index in [0.29, 0.717) is 13.0 Å². The fraction of sp³-hybridized carbons (Fsp3) is 0.130. The standard InChI is InChI=1S/C23H17F3N2O2/c24-23(25,26)19-8-4-7-17(13-19)21-10-9-20(30-21)14-18(15-27)22(29)28-12-11-16-5-2-1-3-6-16/h1-10,13-14H,11-12H2,(H,28,29). The number of alkyl halides is 3. The Hall–Kier alpha value is -3.79. The average molecular weight is 410 g/mol. The first-order valence-corrected chi connectivity index (χ1v) is 9.08. The van der Waals surface area contributed by atoms with Crippen LogP contribution < -0.4 is 5.32 Å². The number of rotatable bonds is 6. The Kier molecular flexibility index (Phi) is 6.38. The van der Waals surface area contributed by atoms with Crippen LogP contribution in [0.4, 0.5) is 13.2 Å². The van der Waals surface area contributed by atoms with Crippen molar-refractivity contribution in [3.05, 3.63) is 89.2 Å². The molecule has 3 aromatic rings. The third-order valence-electron chi connectivity index (χ3n) is 4.29. The van der Waals surface area contributed by atoms with Crippen LogP contribution in [0.15, 0.2) is 76.7 Å². The molecule has 0 bridgehead atoms. The van der Waals surface area contributed by atoms with Crippen LogP contribution in [-0.2, 0) is 17.4 Å². The normalized spacial score (nSPS) is 11.7. The highest BCUT2D eigenvalue weighted by molar-refractivity contribution is 6.01. The number of nitriles is 1. The van der Waals surface area contributed by atoms with E-state index in [0.717, 1.165) is 17.7 Å². The maximum Gasteiger partial charge on any atom is 0.416 e. The van der Waals surface area contributed by atoms with E-state index in [1.807, 2.05) is 36.4 Å². The van der Waals surface area contributed by atoms with Gasteiger partial charge in [0.25, 0.3) is 5.91 Å². The van der Waals surface area contributed by atoms with Crippen LogP contribution in [0.25, 0.3) is 17.4 Å². The van der Waals surface area contributed by atoms with Gasteiger partial charge in [0, 0.05) is 18.2 Å². The lowest BCUT2D eigenvalue weighted by Crippen LogP contribution is -2.26. The van der Waals surface area contributed by atoms with Crippen LogP contribution in [0.2, 0.25) is 0 Å². The van der Waals surface area contributed by atoms with E-state index in [1.165, 1.54) is 30.3 Å². The van der Waals surface area contributed by atoms with Crippen molar-refractivity contribution < 1.29 is 22.4 Å². The van der Waals surface area contributed by atoms with Gasteiger partial charge in [-0.25, -0.2) is 0 Å². The number of furan rings is 1. The molecular formula is C23H17F3N2O2. The first kappa shape index (κ1) is 20.9. The second-order valence-corrected chi connectivity index (χ2v) is 6.44. The van der Waals surface area contributed by atoms with Gasteiger partial charge in [0.1, 0.15) is 23.2 Å². The lowest BCUT2D eigenvalue weighted by atomic mass is 10.1. The minimum Gasteiger partial charge on any atom is -0.457 e. The van der Waals surface area contributed by atoms with E-state index in [9.17, 15) is 23.2 Å². The highest BCUT2D eigenvalue weighted by Gasteiger charge is 2.30. The van der Waals surface area contributed by atoms with Crippen LogP contribution in [0.3, 0.4) is 0 Å². The highest BCUT2D eigenvalue weighted by Crippen LogP contribution is 2.32. The predicted octanol–water partition coefficient (Wildman–Crippen LogP) is 5.23. The van der Waals surface area contributed by atoms with Crippen molar-refractivity contribution in [3.63, 3.8) is 0 Å². The fourth-order valence-electron chi connectivity index (χ4n) is 2.79. The van der Waals surface area contributed by atoms with Crippen molar-refractivity contribution in [1.29, 1.82) is 5.26 Å². The van der Waals surface area contributed by atoms with Crippen molar-refractivity contribution in [2.24, 2.45) is 0 Å². The minimum atomic E-state index is -4.46. The van der Waals surface area contributed by atoms with Crippen molar-refractivity contribution >= 4 is 12.0 Å². The second kappa shape index (κ2) is 9.14. The zero-order chi connectivity index (χ0) is 21.6. The molecule has 0 unspecified atom stereocenters. The zero-order valence-corrected chi connectivity index (χ0v) is 15.7. The first-order valence-electron chi connectivity index (χ1n) is 9.08. The molecule has 0 aliphatic rings. The van der Waals surface area contributed by atoms with Gasteiger partial charge in [0.2, 0.25) is 0 Å². The van der Waals surface area contributed by atoms with E-state index >= 15 is 0 Å². The zero-order valence-electron chi connectivity index (χ0n) is 15.7. The fourth-order valence-corrected chi connectivity index (χ4v) is 2.79. The van der Waals surface area contributed by atoms with Gasteiger partial charge >= 0.3 is 6.18 Å². The molecule has 0 aliphatic carbocycles. The van der Waals surface area contributed by atoms with Gasteiger partial charge in [-0.3, -0.25) is 4.79 Å². The van der Waals surface area contributed by atoms with E-state index in [1.54, 1.807) is 0 Å². The third kappa shape index (κ3) is 5.39. The van der Waals surface area contributed by atoms with Crippen LogP contribution in [0, 0.1) is 11.3 Å². The molecule has 1 amide bonds. The van der Waals surface area contributed by atoms with E-state index < -0.39 is 17.6 Å². The summed E-state index contributed by atoms with van der Waals surface area (Å²) in [5.74, 6) is -0.156. The molecule has 7 heteroatoms. The second-order valence-electron chi connectivity index (χ2n) is 6.44. The Morgan fingerprint density at radius 1 is 1.07 bits per heavy atom. The largest absolute Gasteiger partial charge is 0.457 e. The molecule has 0 aliphatic heterocycles. The highest BCUT2D eigenvalue weighted by atomic mass is 19.4. The predicted molar refractivity (Wildman–Crippen MR) is 106 cm³/mol. The molecule has 1 N–H and O–H groups in total. The maximum absolute atomic E-state index is 12.9. The van der Waals surface area contributed by atoms with E-state index in [-0.39, 0.29) is 22.7 Å². The number of carbonyl (C=O) groups is 1. The molecule has 0 saturated heterocycles. The van der Waals surface area contributed by atoms with Gasteiger partial charge in [-0.2, -0.15) is 18.4 Å². The van der Waals surface area contributed by atoms with Gasteiger partial charge in [0.05, 0.1) is 5.56 Å². The Bertz CT molecular complexity index is 1090. The summed E-state index contributed by atoms with van der Waals surface area (Å²) in [4.78, 5) is 12.2. The molecule has 0 fully saturated rings. The number of carbonyl (C=O) groups excluding carboxylic acids is 1. The van der Waals surface area contributed by atoms with Crippen molar-refractivity contribution in [2.75, 3.05) is 6.54 Å². The Morgan fingerprint density at radius 3 is 2.53 bits per heavy atom. The van der Waals surface area contributed by atoms with E-state index in [2.05, 4.69) is 5.32 Å². The maximum atomic E-state index is 12.9. The topological polar surface area (TPSA) is 66.0 Å². The van der Waals surface area contributed by atoms with Gasteiger partial charge in [-0.15, -0.1) is 0 Å². The first-order chi connectivity index (χ1) is 14.4. The van der Waals surface area contributed by atoms with Crippen LogP contribution >= 0.6 is 0 Å². The van der Waals surface area contributed by atoms with Crippen LogP contribution in [0.1, 0.15) is 16.9 Å². The molecule has 2 aromatic carbocycles. The van der Waals surface area contributed by atoms with Gasteiger partial charge in [-0.1, -0.05) is 42.5 Å². The molecule has 0 radical (unpaired) electrons. The number of halogens is 3. The lowest BCUT2D eigenvalue weighted by Gasteiger charge is -2.07. The molecule has 30 heavy (non-hydrogen) atoms.